The summed E-state index contributed by atoms with van der Waals surface area (Å²) in [6, 6.07) is 8.43. The van der Waals surface area contributed by atoms with E-state index >= 15 is 0 Å². The Kier molecular flexibility index (Phi) is 2.64. The fourth-order valence-electron chi connectivity index (χ4n) is 2.16. The quantitative estimate of drug-likeness (QED) is 0.839. The smallest absolute Gasteiger partial charge is 0.240 e. The van der Waals surface area contributed by atoms with E-state index in [9.17, 15) is 4.79 Å². The largest absolute Gasteiger partial charge is 0.348 e. The monoisotopic (exact) mass is 248 g/mol. The maximum absolute atomic E-state index is 12.0. The third-order valence-electron chi connectivity index (χ3n) is 3.50. The molecule has 1 aromatic carbocycles. The van der Waals surface area contributed by atoms with E-state index in [4.69, 9.17) is 5.73 Å². The Morgan fingerprint density at radius 2 is 2.18 bits per heavy atom. The van der Waals surface area contributed by atoms with Crippen LogP contribution in [0.1, 0.15) is 30.9 Å². The van der Waals surface area contributed by atoms with E-state index in [0.29, 0.717) is 0 Å². The Bertz CT molecular complexity index is 456. The molecule has 1 heterocycles. The predicted molar refractivity (Wildman–Crippen MR) is 68.8 cm³/mol. The molecule has 3 nitrogen and oxygen atoms in total. The minimum Gasteiger partial charge on any atom is -0.348 e. The molecule has 4 heteroatoms. The normalized spacial score (nSPS) is 24.9. The highest BCUT2D eigenvalue weighted by molar-refractivity contribution is 7.99. The topological polar surface area (TPSA) is 55.1 Å². The number of amides is 1. The third-order valence-corrected chi connectivity index (χ3v) is 4.63. The molecule has 1 aliphatic carbocycles. The number of thioether (sulfide) groups is 1. The first-order valence-electron chi connectivity index (χ1n) is 6.01. The minimum absolute atomic E-state index is 0.0178. The average Bonchev–Trinajstić information content (AvgIpc) is 3.09. The van der Waals surface area contributed by atoms with E-state index in [1.165, 1.54) is 10.5 Å². The molecular formula is C13H16N2OS. The second kappa shape index (κ2) is 4.03. The highest BCUT2D eigenvalue weighted by Crippen LogP contribution is 2.38. The molecule has 3 rings (SSSR count). The molecule has 1 aliphatic heterocycles. The van der Waals surface area contributed by atoms with Crippen LogP contribution < -0.4 is 11.1 Å². The number of hydrogen-bond donors (Lipinski definition) is 2. The zero-order valence-electron chi connectivity index (χ0n) is 9.61. The summed E-state index contributed by atoms with van der Waals surface area (Å²) in [5, 5.41) is 3.10. The van der Waals surface area contributed by atoms with Crippen LogP contribution in [0.3, 0.4) is 0 Å². The summed E-state index contributed by atoms with van der Waals surface area (Å²) in [6.07, 6.45) is 2.63. The van der Waals surface area contributed by atoms with Gasteiger partial charge in [0.15, 0.2) is 0 Å². The molecule has 0 saturated heterocycles. The van der Waals surface area contributed by atoms with Crippen LogP contribution in [-0.4, -0.2) is 17.2 Å². The fourth-order valence-corrected chi connectivity index (χ4v) is 3.28. The lowest BCUT2D eigenvalue weighted by atomic mass is 10.0. The van der Waals surface area contributed by atoms with Crippen molar-refractivity contribution in [1.29, 1.82) is 0 Å². The van der Waals surface area contributed by atoms with Crippen molar-refractivity contribution in [2.45, 2.75) is 35.7 Å². The summed E-state index contributed by atoms with van der Waals surface area (Å²) in [5.74, 6) is 1.07. The van der Waals surface area contributed by atoms with E-state index < -0.39 is 5.54 Å². The molecule has 90 valence electrons. The Morgan fingerprint density at radius 1 is 1.41 bits per heavy atom. The lowest BCUT2D eigenvalue weighted by Crippen LogP contribution is -2.44. The Labute approximate surface area is 105 Å². The summed E-state index contributed by atoms with van der Waals surface area (Å²) >= 11 is 1.86. The number of hydrogen-bond acceptors (Lipinski definition) is 3. The van der Waals surface area contributed by atoms with Crippen molar-refractivity contribution in [3.05, 3.63) is 29.8 Å². The number of carbonyl (C=O) groups is 1. The predicted octanol–water partition coefficient (Wildman–Crippen LogP) is 1.83. The summed E-state index contributed by atoms with van der Waals surface area (Å²) in [5.41, 5.74) is 6.58. The molecule has 1 fully saturated rings. The van der Waals surface area contributed by atoms with Crippen molar-refractivity contribution in [3.63, 3.8) is 0 Å². The number of fused-ring (bicyclic) bond motifs is 1. The molecule has 0 aromatic heterocycles. The van der Waals surface area contributed by atoms with Crippen LogP contribution in [0.2, 0.25) is 0 Å². The molecule has 0 spiro atoms. The molecule has 1 unspecified atom stereocenters. The zero-order valence-corrected chi connectivity index (χ0v) is 10.4. The van der Waals surface area contributed by atoms with Gasteiger partial charge in [-0.3, -0.25) is 4.79 Å². The van der Waals surface area contributed by atoms with Crippen molar-refractivity contribution >= 4 is 17.7 Å². The van der Waals surface area contributed by atoms with E-state index in [-0.39, 0.29) is 11.9 Å². The first-order valence-corrected chi connectivity index (χ1v) is 6.99. The van der Waals surface area contributed by atoms with Gasteiger partial charge < -0.3 is 11.1 Å². The highest BCUT2D eigenvalue weighted by atomic mass is 32.2. The summed E-state index contributed by atoms with van der Waals surface area (Å²) in [6.45, 7) is 0. The molecule has 2 aliphatic rings. The minimum atomic E-state index is -0.570. The molecular weight excluding hydrogens is 232 g/mol. The molecule has 1 atom stereocenters. The van der Waals surface area contributed by atoms with Crippen molar-refractivity contribution in [2.75, 3.05) is 5.75 Å². The lowest BCUT2D eigenvalue weighted by Gasteiger charge is -2.27. The van der Waals surface area contributed by atoms with Crippen LogP contribution in [-0.2, 0) is 4.79 Å². The molecule has 1 saturated carbocycles. The van der Waals surface area contributed by atoms with E-state index in [1.54, 1.807) is 0 Å². The van der Waals surface area contributed by atoms with Gasteiger partial charge in [-0.15, -0.1) is 11.8 Å². The molecule has 1 amide bonds. The van der Waals surface area contributed by atoms with Crippen LogP contribution >= 0.6 is 11.8 Å². The van der Waals surface area contributed by atoms with Gasteiger partial charge in [0.05, 0.1) is 11.6 Å². The number of nitrogens with one attached hydrogen (secondary N) is 1. The van der Waals surface area contributed by atoms with Crippen LogP contribution in [0.4, 0.5) is 0 Å². The second-order valence-corrected chi connectivity index (χ2v) is 5.99. The van der Waals surface area contributed by atoms with Gasteiger partial charge in [-0.2, -0.15) is 0 Å². The standard InChI is InChI=1S/C13H16N2OS/c14-13(6-7-13)12(16)15-10-5-8-17-11-4-2-1-3-9(10)11/h1-4,10H,5-8,14H2,(H,15,16). The maximum Gasteiger partial charge on any atom is 0.240 e. The van der Waals surface area contributed by atoms with E-state index in [0.717, 1.165) is 25.0 Å². The van der Waals surface area contributed by atoms with Gasteiger partial charge in [0, 0.05) is 10.6 Å². The van der Waals surface area contributed by atoms with E-state index in [2.05, 4.69) is 17.4 Å². The first-order chi connectivity index (χ1) is 8.19. The summed E-state index contributed by atoms with van der Waals surface area (Å²) < 4.78 is 0. The van der Waals surface area contributed by atoms with Gasteiger partial charge >= 0.3 is 0 Å². The molecule has 0 bridgehead atoms. The SMILES string of the molecule is NC1(C(=O)NC2CCSc3ccccc32)CC1. The Balaban J connectivity index is 1.79. The van der Waals surface area contributed by atoms with Crippen molar-refractivity contribution in [3.8, 4) is 0 Å². The maximum atomic E-state index is 12.0. The van der Waals surface area contributed by atoms with Crippen molar-refractivity contribution in [1.82, 2.24) is 5.32 Å². The lowest BCUT2D eigenvalue weighted by molar-refractivity contribution is -0.124. The molecule has 17 heavy (non-hydrogen) atoms. The third kappa shape index (κ3) is 2.07. The Morgan fingerprint density at radius 3 is 2.94 bits per heavy atom. The van der Waals surface area contributed by atoms with Crippen LogP contribution in [0.25, 0.3) is 0 Å². The number of rotatable bonds is 2. The van der Waals surface area contributed by atoms with Crippen LogP contribution in [0.5, 0.6) is 0 Å². The number of carbonyl (C=O) groups excluding carboxylic acids is 1. The van der Waals surface area contributed by atoms with Crippen molar-refractivity contribution in [2.24, 2.45) is 5.73 Å². The second-order valence-electron chi connectivity index (χ2n) is 4.86. The number of nitrogens with two attached hydrogens (primary N) is 1. The zero-order chi connectivity index (χ0) is 11.9. The van der Waals surface area contributed by atoms with Crippen LogP contribution in [0.15, 0.2) is 29.2 Å². The average molecular weight is 248 g/mol. The van der Waals surface area contributed by atoms with Crippen LogP contribution in [0, 0.1) is 0 Å². The van der Waals surface area contributed by atoms with E-state index in [1.807, 2.05) is 23.9 Å². The van der Waals surface area contributed by atoms with Gasteiger partial charge in [-0.25, -0.2) is 0 Å². The van der Waals surface area contributed by atoms with Gasteiger partial charge in [0.1, 0.15) is 0 Å². The number of benzene rings is 1. The highest BCUT2D eigenvalue weighted by Gasteiger charge is 2.46. The molecule has 3 N–H and O–H groups in total. The summed E-state index contributed by atoms with van der Waals surface area (Å²) in [7, 11) is 0. The van der Waals surface area contributed by atoms with Gasteiger partial charge in [-0.1, -0.05) is 18.2 Å². The summed E-state index contributed by atoms with van der Waals surface area (Å²) in [4.78, 5) is 13.2. The van der Waals surface area contributed by atoms with Crippen molar-refractivity contribution < 1.29 is 4.79 Å². The van der Waals surface area contributed by atoms with Gasteiger partial charge in [0.25, 0.3) is 0 Å². The van der Waals surface area contributed by atoms with Gasteiger partial charge in [-0.05, 0) is 30.9 Å². The molecule has 0 radical (unpaired) electrons. The van der Waals surface area contributed by atoms with Gasteiger partial charge in [0.2, 0.25) is 5.91 Å². The molecule has 1 aromatic rings. The first kappa shape index (κ1) is 11.1. The fraction of sp³-hybridized carbons (Fsp3) is 0.462. The Hall–Kier alpha value is -1.00.